The van der Waals surface area contributed by atoms with E-state index in [-0.39, 0.29) is 5.91 Å². The number of hydrogen-bond acceptors (Lipinski definition) is 3. The number of benzene rings is 2. The molecule has 0 heterocycles. The van der Waals surface area contributed by atoms with E-state index < -0.39 is 0 Å². The van der Waals surface area contributed by atoms with Gasteiger partial charge in [0.15, 0.2) is 0 Å². The molecule has 1 amide bonds. The molecule has 0 aliphatic rings. The first-order valence-electron chi connectivity index (χ1n) is 11.8. The number of rotatable bonds is 15. The van der Waals surface area contributed by atoms with E-state index in [1.807, 2.05) is 24.3 Å². The molecule has 0 bridgehead atoms. The van der Waals surface area contributed by atoms with E-state index in [9.17, 15) is 4.79 Å². The fraction of sp³-hybridized carbons (Fsp3) is 0.481. The van der Waals surface area contributed by atoms with Gasteiger partial charge in [0.05, 0.1) is 6.21 Å². The summed E-state index contributed by atoms with van der Waals surface area (Å²) in [7, 11) is 0. The standard InChI is InChI=1S/C27H38N2O2/c1-3-4-5-6-7-8-9-10-11-12-27(30)29-28-21-24-17-19-26(20-18-24)31-22-25-15-13-23(2)14-16-25/h13-21H,3-12,22H2,1-2H3,(H,29,30). The highest BCUT2D eigenvalue weighted by Crippen LogP contribution is 2.14. The molecule has 2 rings (SSSR count). The summed E-state index contributed by atoms with van der Waals surface area (Å²) in [5.41, 5.74) is 5.93. The molecule has 0 saturated carbocycles. The number of carbonyl (C=O) groups is 1. The zero-order chi connectivity index (χ0) is 22.2. The predicted octanol–water partition coefficient (Wildman–Crippen LogP) is 6.95. The summed E-state index contributed by atoms with van der Waals surface area (Å²) in [6, 6.07) is 16.0. The van der Waals surface area contributed by atoms with Crippen LogP contribution in [-0.4, -0.2) is 12.1 Å². The van der Waals surface area contributed by atoms with Gasteiger partial charge in [-0.1, -0.05) is 88.1 Å². The second kappa shape index (κ2) is 15.2. The summed E-state index contributed by atoms with van der Waals surface area (Å²) in [6.07, 6.45) is 13.5. The second-order valence-corrected chi connectivity index (χ2v) is 8.21. The number of nitrogens with one attached hydrogen (secondary N) is 1. The highest BCUT2D eigenvalue weighted by atomic mass is 16.5. The first-order valence-corrected chi connectivity index (χ1v) is 11.8. The lowest BCUT2D eigenvalue weighted by molar-refractivity contribution is -0.121. The zero-order valence-electron chi connectivity index (χ0n) is 19.2. The van der Waals surface area contributed by atoms with Gasteiger partial charge < -0.3 is 4.74 Å². The Morgan fingerprint density at radius 2 is 1.48 bits per heavy atom. The highest BCUT2D eigenvalue weighted by molar-refractivity contribution is 5.82. The van der Waals surface area contributed by atoms with Crippen molar-refractivity contribution in [2.75, 3.05) is 0 Å². The number of hydrogen-bond donors (Lipinski definition) is 1. The molecule has 0 aromatic heterocycles. The number of amides is 1. The molecule has 0 atom stereocenters. The predicted molar refractivity (Wildman–Crippen MR) is 130 cm³/mol. The average Bonchev–Trinajstić information content (AvgIpc) is 2.78. The van der Waals surface area contributed by atoms with Gasteiger partial charge in [-0.15, -0.1) is 0 Å². The van der Waals surface area contributed by atoms with E-state index in [0.717, 1.165) is 29.7 Å². The maximum atomic E-state index is 11.9. The average molecular weight is 423 g/mol. The molecule has 4 heteroatoms. The molecule has 31 heavy (non-hydrogen) atoms. The van der Waals surface area contributed by atoms with E-state index in [2.05, 4.69) is 48.6 Å². The zero-order valence-corrected chi connectivity index (χ0v) is 19.2. The number of aryl methyl sites for hydroxylation is 1. The van der Waals surface area contributed by atoms with E-state index in [1.165, 1.54) is 50.5 Å². The Hall–Kier alpha value is -2.62. The minimum atomic E-state index is -0.0164. The van der Waals surface area contributed by atoms with Crippen molar-refractivity contribution in [1.29, 1.82) is 0 Å². The molecule has 0 aliphatic heterocycles. The van der Waals surface area contributed by atoms with Crippen LogP contribution in [0.25, 0.3) is 0 Å². The summed E-state index contributed by atoms with van der Waals surface area (Å²) in [6.45, 7) is 4.86. The number of carbonyl (C=O) groups excluding carboxylic acids is 1. The minimum absolute atomic E-state index is 0.0164. The van der Waals surface area contributed by atoms with Crippen LogP contribution in [-0.2, 0) is 11.4 Å². The highest BCUT2D eigenvalue weighted by Gasteiger charge is 2.00. The lowest BCUT2D eigenvalue weighted by atomic mass is 10.1. The van der Waals surface area contributed by atoms with Gasteiger partial charge in [0.2, 0.25) is 5.91 Å². The van der Waals surface area contributed by atoms with Crippen molar-refractivity contribution < 1.29 is 9.53 Å². The van der Waals surface area contributed by atoms with Crippen LogP contribution < -0.4 is 10.2 Å². The Bertz CT molecular complexity index is 767. The van der Waals surface area contributed by atoms with Crippen molar-refractivity contribution in [3.63, 3.8) is 0 Å². The maximum absolute atomic E-state index is 11.9. The molecular formula is C27H38N2O2. The van der Waals surface area contributed by atoms with Crippen molar-refractivity contribution in [3.05, 3.63) is 65.2 Å². The van der Waals surface area contributed by atoms with Gasteiger partial charge in [-0.3, -0.25) is 4.79 Å². The van der Waals surface area contributed by atoms with Crippen LogP contribution in [0, 0.1) is 6.92 Å². The molecule has 0 unspecified atom stereocenters. The minimum Gasteiger partial charge on any atom is -0.489 e. The number of nitrogens with zero attached hydrogens (tertiary/aromatic N) is 1. The fourth-order valence-electron chi connectivity index (χ4n) is 3.33. The SMILES string of the molecule is CCCCCCCCCCCC(=O)NN=Cc1ccc(OCc2ccc(C)cc2)cc1. The number of unbranched alkanes of at least 4 members (excludes halogenated alkanes) is 8. The summed E-state index contributed by atoms with van der Waals surface area (Å²) in [5.74, 6) is 0.796. The van der Waals surface area contributed by atoms with Crippen molar-refractivity contribution in [2.45, 2.75) is 84.7 Å². The first kappa shape index (κ1) is 24.6. The smallest absolute Gasteiger partial charge is 0.240 e. The molecule has 0 saturated heterocycles. The van der Waals surface area contributed by atoms with Gasteiger partial charge in [-0.25, -0.2) is 5.43 Å². The van der Waals surface area contributed by atoms with Crippen LogP contribution in [0.2, 0.25) is 0 Å². The molecule has 2 aromatic rings. The van der Waals surface area contributed by atoms with E-state index in [4.69, 9.17) is 4.74 Å². The fourth-order valence-corrected chi connectivity index (χ4v) is 3.33. The normalized spacial score (nSPS) is 11.0. The van der Waals surface area contributed by atoms with Crippen LogP contribution >= 0.6 is 0 Å². The third-order valence-corrected chi connectivity index (χ3v) is 5.32. The van der Waals surface area contributed by atoms with Crippen LogP contribution in [0.4, 0.5) is 0 Å². The number of ether oxygens (including phenoxy) is 1. The van der Waals surface area contributed by atoms with Gasteiger partial charge >= 0.3 is 0 Å². The Morgan fingerprint density at radius 1 is 0.871 bits per heavy atom. The molecule has 168 valence electrons. The van der Waals surface area contributed by atoms with Crippen LogP contribution in [0.5, 0.6) is 5.75 Å². The number of hydrazone groups is 1. The topological polar surface area (TPSA) is 50.7 Å². The molecule has 0 aliphatic carbocycles. The lowest BCUT2D eigenvalue weighted by Gasteiger charge is -2.07. The Labute approximate surface area is 188 Å². The summed E-state index contributed by atoms with van der Waals surface area (Å²) in [5, 5.41) is 4.06. The summed E-state index contributed by atoms with van der Waals surface area (Å²) >= 11 is 0. The van der Waals surface area contributed by atoms with Crippen LogP contribution in [0.1, 0.15) is 87.8 Å². The Kier molecular flexibility index (Phi) is 12.1. The third-order valence-electron chi connectivity index (χ3n) is 5.32. The first-order chi connectivity index (χ1) is 15.2. The monoisotopic (exact) mass is 422 g/mol. The second-order valence-electron chi connectivity index (χ2n) is 8.21. The van der Waals surface area contributed by atoms with Crippen LogP contribution in [0.15, 0.2) is 53.6 Å². The largest absolute Gasteiger partial charge is 0.489 e. The molecular weight excluding hydrogens is 384 g/mol. The molecule has 1 N–H and O–H groups in total. The third kappa shape index (κ3) is 11.4. The van der Waals surface area contributed by atoms with Crippen molar-refractivity contribution in [2.24, 2.45) is 5.10 Å². The van der Waals surface area contributed by atoms with Gasteiger partial charge in [-0.05, 0) is 48.7 Å². The van der Waals surface area contributed by atoms with E-state index in [1.54, 1.807) is 6.21 Å². The molecule has 0 radical (unpaired) electrons. The van der Waals surface area contributed by atoms with Gasteiger partial charge in [0.1, 0.15) is 12.4 Å². The van der Waals surface area contributed by atoms with E-state index in [0.29, 0.717) is 13.0 Å². The molecule has 4 nitrogen and oxygen atoms in total. The summed E-state index contributed by atoms with van der Waals surface area (Å²) < 4.78 is 5.81. The van der Waals surface area contributed by atoms with Gasteiger partial charge in [0, 0.05) is 6.42 Å². The van der Waals surface area contributed by atoms with Gasteiger partial charge in [-0.2, -0.15) is 5.10 Å². The van der Waals surface area contributed by atoms with E-state index >= 15 is 0 Å². The quantitative estimate of drug-likeness (QED) is 0.192. The molecule has 0 fully saturated rings. The lowest BCUT2D eigenvalue weighted by Crippen LogP contribution is -2.16. The van der Waals surface area contributed by atoms with Crippen molar-refractivity contribution in [1.82, 2.24) is 5.43 Å². The Balaban J connectivity index is 1.56. The van der Waals surface area contributed by atoms with Crippen LogP contribution in [0.3, 0.4) is 0 Å². The van der Waals surface area contributed by atoms with Crippen molar-refractivity contribution in [3.8, 4) is 5.75 Å². The maximum Gasteiger partial charge on any atom is 0.240 e. The molecule has 0 spiro atoms. The molecule has 2 aromatic carbocycles. The Morgan fingerprint density at radius 3 is 2.13 bits per heavy atom. The van der Waals surface area contributed by atoms with Gasteiger partial charge in [0.25, 0.3) is 0 Å². The summed E-state index contributed by atoms with van der Waals surface area (Å²) in [4.78, 5) is 11.9. The van der Waals surface area contributed by atoms with Crippen molar-refractivity contribution >= 4 is 12.1 Å².